The second kappa shape index (κ2) is 6.02. The highest BCUT2D eigenvalue weighted by atomic mass is 16.2. The van der Waals surface area contributed by atoms with Crippen LogP contribution in [0.25, 0.3) is 0 Å². The quantitative estimate of drug-likeness (QED) is 0.741. The van der Waals surface area contributed by atoms with Crippen LogP contribution in [0.15, 0.2) is 0 Å². The minimum atomic E-state index is -0.339. The van der Waals surface area contributed by atoms with E-state index in [1.165, 1.54) is 12.8 Å². The fraction of sp³-hybridized carbons (Fsp3) is 0.929. The zero-order chi connectivity index (χ0) is 13.1. The van der Waals surface area contributed by atoms with Crippen LogP contribution in [0.4, 0.5) is 0 Å². The Morgan fingerprint density at radius 2 is 2.06 bits per heavy atom. The summed E-state index contributed by atoms with van der Waals surface area (Å²) in [5.41, 5.74) is 5.98. The second-order valence-corrected chi connectivity index (χ2v) is 6.20. The van der Waals surface area contributed by atoms with Crippen molar-refractivity contribution in [3.05, 3.63) is 0 Å². The molecule has 1 aliphatic carbocycles. The van der Waals surface area contributed by atoms with Crippen molar-refractivity contribution in [2.75, 3.05) is 19.6 Å². The number of carbonyl (C=O) groups excluding carboxylic acids is 1. The predicted octanol–water partition coefficient (Wildman–Crippen LogP) is 0.960. The summed E-state index contributed by atoms with van der Waals surface area (Å²) in [6, 6.07) is 0.0232. The molecule has 1 aliphatic heterocycles. The normalized spacial score (nSPS) is 25.8. The van der Waals surface area contributed by atoms with Gasteiger partial charge < -0.3 is 16.0 Å². The zero-order valence-electron chi connectivity index (χ0n) is 11.7. The van der Waals surface area contributed by atoms with Crippen LogP contribution in [0.1, 0.15) is 39.5 Å². The van der Waals surface area contributed by atoms with Gasteiger partial charge in [0.2, 0.25) is 5.91 Å². The molecule has 0 bridgehead atoms. The highest BCUT2D eigenvalue weighted by molar-refractivity contribution is 5.82. The summed E-state index contributed by atoms with van der Waals surface area (Å²) in [5, 5.41) is 3.51. The summed E-state index contributed by atoms with van der Waals surface area (Å²) < 4.78 is 0. The summed E-state index contributed by atoms with van der Waals surface area (Å²) in [4.78, 5) is 14.3. The lowest BCUT2D eigenvalue weighted by Crippen LogP contribution is -2.50. The maximum atomic E-state index is 12.3. The van der Waals surface area contributed by atoms with E-state index in [-0.39, 0.29) is 17.9 Å². The van der Waals surface area contributed by atoms with E-state index in [0.29, 0.717) is 6.04 Å². The fourth-order valence-corrected chi connectivity index (χ4v) is 2.59. The molecule has 1 amide bonds. The van der Waals surface area contributed by atoms with E-state index in [0.717, 1.165) is 38.4 Å². The van der Waals surface area contributed by atoms with Gasteiger partial charge in [0.15, 0.2) is 0 Å². The maximum Gasteiger partial charge on any atom is 0.240 e. The first-order valence-electron chi connectivity index (χ1n) is 7.36. The van der Waals surface area contributed by atoms with Crippen molar-refractivity contribution in [3.63, 3.8) is 0 Å². The van der Waals surface area contributed by atoms with Crippen LogP contribution in [0.5, 0.6) is 0 Å². The Balaban J connectivity index is 1.79. The molecule has 4 nitrogen and oxygen atoms in total. The number of amides is 1. The third-order valence-corrected chi connectivity index (χ3v) is 4.17. The van der Waals surface area contributed by atoms with E-state index in [9.17, 15) is 4.79 Å². The molecule has 1 saturated carbocycles. The molecule has 0 aromatic heterocycles. The Hall–Kier alpha value is -0.610. The van der Waals surface area contributed by atoms with Crippen LogP contribution in [0, 0.1) is 11.8 Å². The number of nitrogens with zero attached hydrogens (tertiary/aromatic N) is 1. The van der Waals surface area contributed by atoms with Crippen LogP contribution in [0.2, 0.25) is 0 Å². The van der Waals surface area contributed by atoms with Gasteiger partial charge in [-0.1, -0.05) is 13.8 Å². The third-order valence-electron chi connectivity index (χ3n) is 4.17. The highest BCUT2D eigenvalue weighted by Gasteiger charge is 2.32. The lowest BCUT2D eigenvalue weighted by molar-refractivity contribution is -0.134. The predicted molar refractivity (Wildman–Crippen MR) is 73.1 cm³/mol. The van der Waals surface area contributed by atoms with Crippen molar-refractivity contribution in [1.82, 2.24) is 10.2 Å². The molecule has 104 valence electrons. The van der Waals surface area contributed by atoms with Gasteiger partial charge in [0.25, 0.3) is 0 Å². The maximum absolute atomic E-state index is 12.3. The molecule has 2 atom stereocenters. The molecule has 2 aliphatic rings. The summed E-state index contributed by atoms with van der Waals surface area (Å²) in [6.45, 7) is 6.97. The van der Waals surface area contributed by atoms with Crippen molar-refractivity contribution in [2.45, 2.75) is 51.6 Å². The second-order valence-electron chi connectivity index (χ2n) is 6.20. The number of nitrogens with two attached hydrogens (primary N) is 1. The molecule has 0 spiro atoms. The molecule has 0 aromatic carbocycles. The lowest BCUT2D eigenvalue weighted by Gasteiger charge is -2.29. The molecule has 2 fully saturated rings. The van der Waals surface area contributed by atoms with Gasteiger partial charge in [0, 0.05) is 19.1 Å². The summed E-state index contributed by atoms with van der Waals surface area (Å²) >= 11 is 0. The standard InChI is InChI=1S/C14H27N3O/c1-10(2)13(15)14(18)17-7-3-4-12(17)9-16-8-11-5-6-11/h10-13,16H,3-9,15H2,1-2H3/t12-,13-/m0/s1. The molecule has 18 heavy (non-hydrogen) atoms. The van der Waals surface area contributed by atoms with E-state index in [4.69, 9.17) is 5.73 Å². The average molecular weight is 253 g/mol. The molecule has 0 unspecified atom stereocenters. The fourth-order valence-electron chi connectivity index (χ4n) is 2.59. The first-order chi connectivity index (χ1) is 8.59. The molecule has 4 heteroatoms. The van der Waals surface area contributed by atoms with Crippen molar-refractivity contribution in [1.29, 1.82) is 0 Å². The van der Waals surface area contributed by atoms with Gasteiger partial charge in [-0.25, -0.2) is 0 Å². The third kappa shape index (κ3) is 3.45. The number of nitrogens with one attached hydrogen (secondary N) is 1. The van der Waals surface area contributed by atoms with Crippen LogP contribution in [0.3, 0.4) is 0 Å². The van der Waals surface area contributed by atoms with E-state index in [1.54, 1.807) is 0 Å². The van der Waals surface area contributed by atoms with Crippen LogP contribution < -0.4 is 11.1 Å². The first kappa shape index (κ1) is 13.8. The molecule has 0 radical (unpaired) electrons. The van der Waals surface area contributed by atoms with Crippen LogP contribution in [-0.4, -0.2) is 42.5 Å². The SMILES string of the molecule is CC(C)[C@H](N)C(=O)N1CCC[C@H]1CNCC1CC1. The molecule has 1 heterocycles. The first-order valence-corrected chi connectivity index (χ1v) is 7.36. The van der Waals surface area contributed by atoms with Gasteiger partial charge in [-0.15, -0.1) is 0 Å². The van der Waals surface area contributed by atoms with Crippen molar-refractivity contribution in [2.24, 2.45) is 17.6 Å². The van der Waals surface area contributed by atoms with Gasteiger partial charge >= 0.3 is 0 Å². The van der Waals surface area contributed by atoms with Gasteiger partial charge in [-0.05, 0) is 44.1 Å². The Labute approximate surface area is 110 Å². The van der Waals surface area contributed by atoms with E-state index in [2.05, 4.69) is 5.32 Å². The van der Waals surface area contributed by atoms with E-state index in [1.807, 2.05) is 18.7 Å². The lowest BCUT2D eigenvalue weighted by atomic mass is 10.0. The van der Waals surface area contributed by atoms with E-state index >= 15 is 0 Å². The van der Waals surface area contributed by atoms with Crippen molar-refractivity contribution >= 4 is 5.91 Å². The monoisotopic (exact) mass is 253 g/mol. The largest absolute Gasteiger partial charge is 0.337 e. The number of carbonyl (C=O) groups is 1. The van der Waals surface area contributed by atoms with E-state index < -0.39 is 0 Å². The Morgan fingerprint density at radius 1 is 1.33 bits per heavy atom. The summed E-state index contributed by atoms with van der Waals surface area (Å²) in [6.07, 6.45) is 4.98. The number of rotatable bonds is 6. The van der Waals surface area contributed by atoms with Crippen LogP contribution >= 0.6 is 0 Å². The van der Waals surface area contributed by atoms with Crippen molar-refractivity contribution in [3.8, 4) is 0 Å². The number of hydrogen-bond acceptors (Lipinski definition) is 3. The molecular formula is C14H27N3O. The van der Waals surface area contributed by atoms with Gasteiger partial charge in [0.1, 0.15) is 0 Å². The summed E-state index contributed by atoms with van der Waals surface area (Å²) in [5.74, 6) is 1.26. The minimum Gasteiger partial charge on any atom is -0.337 e. The highest BCUT2D eigenvalue weighted by Crippen LogP contribution is 2.27. The number of hydrogen-bond donors (Lipinski definition) is 2. The molecule has 0 aromatic rings. The smallest absolute Gasteiger partial charge is 0.240 e. The Kier molecular flexibility index (Phi) is 4.62. The molecule has 3 N–H and O–H groups in total. The Morgan fingerprint density at radius 3 is 2.67 bits per heavy atom. The van der Waals surface area contributed by atoms with Crippen LogP contribution in [-0.2, 0) is 4.79 Å². The number of likely N-dealkylation sites (tertiary alicyclic amines) is 1. The average Bonchev–Trinajstić information content (AvgIpc) is 3.04. The van der Waals surface area contributed by atoms with Gasteiger partial charge in [0.05, 0.1) is 6.04 Å². The molecule has 1 saturated heterocycles. The summed E-state index contributed by atoms with van der Waals surface area (Å²) in [7, 11) is 0. The van der Waals surface area contributed by atoms with Crippen molar-refractivity contribution < 1.29 is 4.79 Å². The zero-order valence-corrected chi connectivity index (χ0v) is 11.7. The molecule has 2 rings (SSSR count). The topological polar surface area (TPSA) is 58.4 Å². The minimum absolute atomic E-state index is 0.140. The molecular weight excluding hydrogens is 226 g/mol. The van der Waals surface area contributed by atoms with Gasteiger partial charge in [-0.3, -0.25) is 4.79 Å². The van der Waals surface area contributed by atoms with Gasteiger partial charge in [-0.2, -0.15) is 0 Å². The Bertz CT molecular complexity index is 289.